The van der Waals surface area contributed by atoms with Crippen molar-refractivity contribution in [1.29, 1.82) is 0 Å². The first-order valence-electron chi connectivity index (χ1n) is 8.57. The average molecular weight is 349 g/mol. The summed E-state index contributed by atoms with van der Waals surface area (Å²) >= 11 is 0. The zero-order chi connectivity index (χ0) is 18.1. The standard InChI is InChI=1S/C20H19N3O3/c1-22-19(24)16-10-6-5-9-15(16)18(21-22)20(25)23-11-12-26-17(13-23)14-7-3-2-4-8-14/h2-10,17H,11-13H2,1H3/t17-/m1/s1. The first kappa shape index (κ1) is 16.5. The Morgan fingerprint density at radius 3 is 2.54 bits per heavy atom. The van der Waals surface area contributed by atoms with Crippen molar-refractivity contribution >= 4 is 16.7 Å². The molecular formula is C20H19N3O3. The molecule has 3 aromatic rings. The maximum Gasteiger partial charge on any atom is 0.275 e. The lowest BCUT2D eigenvalue weighted by molar-refractivity contribution is -0.0230. The van der Waals surface area contributed by atoms with Crippen molar-refractivity contribution in [3.8, 4) is 0 Å². The zero-order valence-electron chi connectivity index (χ0n) is 14.5. The predicted molar refractivity (Wildman–Crippen MR) is 98.0 cm³/mol. The van der Waals surface area contributed by atoms with Gasteiger partial charge in [0.2, 0.25) is 0 Å². The van der Waals surface area contributed by atoms with Gasteiger partial charge in [0, 0.05) is 19.0 Å². The summed E-state index contributed by atoms with van der Waals surface area (Å²) in [5, 5.41) is 5.33. The van der Waals surface area contributed by atoms with Gasteiger partial charge in [-0.05, 0) is 11.6 Å². The molecule has 0 aliphatic carbocycles. The number of aryl methyl sites for hydroxylation is 1. The minimum atomic E-state index is -0.207. The van der Waals surface area contributed by atoms with Crippen LogP contribution >= 0.6 is 0 Å². The summed E-state index contributed by atoms with van der Waals surface area (Å²) in [6.45, 7) is 1.43. The van der Waals surface area contributed by atoms with Gasteiger partial charge in [-0.1, -0.05) is 48.5 Å². The van der Waals surface area contributed by atoms with Crippen LogP contribution in [0.25, 0.3) is 10.8 Å². The summed E-state index contributed by atoms with van der Waals surface area (Å²) in [6, 6.07) is 17.0. The smallest absolute Gasteiger partial charge is 0.275 e. The molecule has 2 aromatic carbocycles. The Labute approximate surface area is 150 Å². The Balaban J connectivity index is 1.69. The van der Waals surface area contributed by atoms with Crippen molar-refractivity contribution in [3.05, 3.63) is 76.2 Å². The molecule has 1 aliphatic heterocycles. The van der Waals surface area contributed by atoms with Crippen molar-refractivity contribution in [3.63, 3.8) is 0 Å². The SMILES string of the molecule is Cn1nc(C(=O)N2CCO[C@@H](c3ccccc3)C2)c2ccccc2c1=O. The molecule has 1 amide bonds. The average Bonchev–Trinajstić information content (AvgIpc) is 2.71. The first-order chi connectivity index (χ1) is 12.6. The van der Waals surface area contributed by atoms with Gasteiger partial charge in [0.25, 0.3) is 11.5 Å². The minimum Gasteiger partial charge on any atom is -0.370 e. The fourth-order valence-electron chi connectivity index (χ4n) is 3.31. The summed E-state index contributed by atoms with van der Waals surface area (Å²) in [6.07, 6.45) is -0.160. The summed E-state index contributed by atoms with van der Waals surface area (Å²) in [5.41, 5.74) is 1.14. The molecule has 26 heavy (non-hydrogen) atoms. The highest BCUT2D eigenvalue weighted by atomic mass is 16.5. The van der Waals surface area contributed by atoms with Crippen molar-refractivity contribution in [2.45, 2.75) is 6.10 Å². The van der Waals surface area contributed by atoms with Crippen LogP contribution in [0.1, 0.15) is 22.2 Å². The molecule has 6 nitrogen and oxygen atoms in total. The van der Waals surface area contributed by atoms with Gasteiger partial charge in [0.05, 0.1) is 18.5 Å². The van der Waals surface area contributed by atoms with E-state index in [1.807, 2.05) is 36.4 Å². The molecule has 1 fully saturated rings. The van der Waals surface area contributed by atoms with Crippen molar-refractivity contribution in [2.75, 3.05) is 19.7 Å². The highest BCUT2D eigenvalue weighted by Gasteiger charge is 2.28. The van der Waals surface area contributed by atoms with Crippen LogP contribution in [0.5, 0.6) is 0 Å². The normalized spacial score (nSPS) is 17.4. The van der Waals surface area contributed by atoms with E-state index in [1.54, 1.807) is 30.1 Å². The number of morpholine rings is 1. The number of carbonyl (C=O) groups excluding carboxylic acids is 1. The molecule has 0 spiro atoms. The third kappa shape index (κ3) is 2.88. The van der Waals surface area contributed by atoms with Crippen molar-refractivity contribution < 1.29 is 9.53 Å². The summed E-state index contributed by atoms with van der Waals surface area (Å²) in [7, 11) is 1.57. The lowest BCUT2D eigenvalue weighted by Gasteiger charge is -2.33. The van der Waals surface area contributed by atoms with E-state index in [4.69, 9.17) is 4.74 Å². The van der Waals surface area contributed by atoms with Gasteiger partial charge in [0.15, 0.2) is 5.69 Å². The number of ether oxygens (including phenoxy) is 1. The van der Waals surface area contributed by atoms with E-state index in [1.165, 1.54) is 4.68 Å². The summed E-state index contributed by atoms with van der Waals surface area (Å²) in [4.78, 5) is 27.2. The monoisotopic (exact) mass is 349 g/mol. The van der Waals surface area contributed by atoms with Crippen LogP contribution in [-0.4, -0.2) is 40.3 Å². The fourth-order valence-corrected chi connectivity index (χ4v) is 3.31. The van der Waals surface area contributed by atoms with Crippen LogP contribution in [0.15, 0.2) is 59.4 Å². The van der Waals surface area contributed by atoms with Gasteiger partial charge in [-0.3, -0.25) is 9.59 Å². The molecule has 0 radical (unpaired) electrons. The molecule has 0 saturated carbocycles. The first-order valence-corrected chi connectivity index (χ1v) is 8.57. The second-order valence-electron chi connectivity index (χ2n) is 6.34. The van der Waals surface area contributed by atoms with Crippen LogP contribution < -0.4 is 5.56 Å². The lowest BCUT2D eigenvalue weighted by Crippen LogP contribution is -2.43. The van der Waals surface area contributed by atoms with E-state index in [2.05, 4.69) is 5.10 Å². The van der Waals surface area contributed by atoms with Crippen LogP contribution in [0.3, 0.4) is 0 Å². The number of benzene rings is 2. The topological polar surface area (TPSA) is 64.4 Å². The van der Waals surface area contributed by atoms with Gasteiger partial charge in [-0.15, -0.1) is 0 Å². The maximum absolute atomic E-state index is 13.1. The van der Waals surface area contributed by atoms with E-state index >= 15 is 0 Å². The van der Waals surface area contributed by atoms with Gasteiger partial charge >= 0.3 is 0 Å². The largest absolute Gasteiger partial charge is 0.370 e. The molecule has 6 heteroatoms. The van der Waals surface area contributed by atoms with Crippen molar-refractivity contribution in [1.82, 2.24) is 14.7 Å². The number of hydrogen-bond donors (Lipinski definition) is 0. The summed E-state index contributed by atoms with van der Waals surface area (Å²) < 4.78 is 7.07. The van der Waals surface area contributed by atoms with Gasteiger partial charge < -0.3 is 9.64 Å². The second kappa shape index (κ2) is 6.72. The third-order valence-corrected chi connectivity index (χ3v) is 4.68. The zero-order valence-corrected chi connectivity index (χ0v) is 14.5. The molecule has 2 heterocycles. The molecule has 1 saturated heterocycles. The molecule has 0 N–H and O–H groups in total. The van der Waals surface area contributed by atoms with Crippen LogP contribution in [0.4, 0.5) is 0 Å². The van der Waals surface area contributed by atoms with Gasteiger partial charge in [0.1, 0.15) is 6.10 Å². The van der Waals surface area contributed by atoms with E-state index in [9.17, 15) is 9.59 Å². The Bertz CT molecular complexity index is 1010. The van der Waals surface area contributed by atoms with E-state index in [0.29, 0.717) is 36.2 Å². The second-order valence-corrected chi connectivity index (χ2v) is 6.34. The molecular weight excluding hydrogens is 330 g/mol. The number of fused-ring (bicyclic) bond motifs is 1. The number of amides is 1. The highest BCUT2D eigenvalue weighted by Crippen LogP contribution is 2.24. The molecule has 1 aliphatic rings. The quantitative estimate of drug-likeness (QED) is 0.711. The van der Waals surface area contributed by atoms with Crippen LogP contribution in [0, 0.1) is 0 Å². The van der Waals surface area contributed by atoms with E-state index in [-0.39, 0.29) is 17.6 Å². The highest BCUT2D eigenvalue weighted by molar-refractivity contribution is 6.04. The molecule has 1 aromatic heterocycles. The van der Waals surface area contributed by atoms with Crippen molar-refractivity contribution in [2.24, 2.45) is 7.05 Å². The number of aromatic nitrogens is 2. The Morgan fingerprint density at radius 2 is 1.77 bits per heavy atom. The van der Waals surface area contributed by atoms with Gasteiger partial charge in [-0.2, -0.15) is 5.10 Å². The van der Waals surface area contributed by atoms with Crippen LogP contribution in [-0.2, 0) is 11.8 Å². The number of hydrogen-bond acceptors (Lipinski definition) is 4. The Morgan fingerprint density at radius 1 is 1.08 bits per heavy atom. The predicted octanol–water partition coefficient (Wildman–Crippen LogP) is 2.15. The fraction of sp³-hybridized carbons (Fsp3) is 0.250. The summed E-state index contributed by atoms with van der Waals surface area (Å²) in [5.74, 6) is -0.180. The maximum atomic E-state index is 13.1. The molecule has 1 atom stereocenters. The number of nitrogens with zero attached hydrogens (tertiary/aromatic N) is 3. The molecule has 4 rings (SSSR count). The molecule has 0 bridgehead atoms. The number of rotatable bonds is 2. The number of carbonyl (C=O) groups is 1. The van der Waals surface area contributed by atoms with E-state index in [0.717, 1.165) is 5.56 Å². The Hall–Kier alpha value is -2.99. The molecule has 132 valence electrons. The van der Waals surface area contributed by atoms with Gasteiger partial charge in [-0.25, -0.2) is 4.68 Å². The minimum absolute atomic E-state index is 0.160. The third-order valence-electron chi connectivity index (χ3n) is 4.68. The Kier molecular flexibility index (Phi) is 4.26. The lowest BCUT2D eigenvalue weighted by atomic mass is 10.1. The van der Waals surface area contributed by atoms with Crippen LogP contribution in [0.2, 0.25) is 0 Å². The molecule has 0 unspecified atom stereocenters. The van der Waals surface area contributed by atoms with E-state index < -0.39 is 0 Å².